The summed E-state index contributed by atoms with van der Waals surface area (Å²) >= 11 is 1.31. The van der Waals surface area contributed by atoms with Gasteiger partial charge in [-0.3, -0.25) is 14.7 Å². The molecule has 1 aromatic heterocycles. The van der Waals surface area contributed by atoms with Crippen LogP contribution in [0.3, 0.4) is 0 Å². The molecule has 0 bridgehead atoms. The van der Waals surface area contributed by atoms with E-state index in [0.29, 0.717) is 0 Å². The molecule has 0 aliphatic heterocycles. The minimum Gasteiger partial charge on any atom is -0.335 e. The molecule has 3 amide bonds. The summed E-state index contributed by atoms with van der Waals surface area (Å²) in [4.78, 5) is 28.4. The van der Waals surface area contributed by atoms with Crippen molar-refractivity contribution in [2.75, 3.05) is 5.75 Å². The molecule has 1 saturated carbocycles. The molecule has 7 heteroatoms. The number of urea groups is 1. The van der Waals surface area contributed by atoms with E-state index in [1.807, 2.05) is 59.2 Å². The van der Waals surface area contributed by atoms with Gasteiger partial charge in [0.2, 0.25) is 5.91 Å². The van der Waals surface area contributed by atoms with Crippen molar-refractivity contribution < 1.29 is 9.59 Å². The number of rotatable bonds is 5. The fourth-order valence-corrected chi connectivity index (χ4v) is 3.50. The van der Waals surface area contributed by atoms with Crippen molar-refractivity contribution in [3.8, 4) is 5.69 Å². The third-order valence-electron chi connectivity index (χ3n) is 4.04. The maximum Gasteiger partial charge on any atom is 0.321 e. The SMILES string of the molecule is O=C(CSc1nc2ccccc2n1-c1ccccc1)NC(=O)NC1CC1. The second-order valence-electron chi connectivity index (χ2n) is 6.14. The highest BCUT2D eigenvalue weighted by Crippen LogP contribution is 2.27. The number of benzene rings is 2. The minimum absolute atomic E-state index is 0.119. The maximum absolute atomic E-state index is 12.1. The lowest BCUT2D eigenvalue weighted by Gasteiger charge is -2.09. The van der Waals surface area contributed by atoms with E-state index in [0.717, 1.165) is 34.7 Å². The number of carbonyl (C=O) groups is 2. The lowest BCUT2D eigenvalue weighted by atomic mass is 10.3. The molecule has 0 saturated heterocycles. The number of carbonyl (C=O) groups excluding carboxylic acids is 2. The van der Waals surface area contributed by atoms with Crippen LogP contribution in [0.1, 0.15) is 12.8 Å². The molecule has 2 N–H and O–H groups in total. The lowest BCUT2D eigenvalue weighted by molar-refractivity contribution is -0.117. The summed E-state index contributed by atoms with van der Waals surface area (Å²) < 4.78 is 2.03. The van der Waals surface area contributed by atoms with Crippen LogP contribution in [-0.2, 0) is 4.79 Å². The van der Waals surface area contributed by atoms with Crippen LogP contribution in [0, 0.1) is 0 Å². The molecule has 4 rings (SSSR count). The summed E-state index contributed by atoms with van der Waals surface area (Å²) in [7, 11) is 0. The molecule has 3 aromatic rings. The standard InChI is InChI=1S/C19H18N4O2S/c24-17(22-18(25)20-13-10-11-13)12-26-19-21-15-8-4-5-9-16(15)23(19)14-6-2-1-3-7-14/h1-9,13H,10-12H2,(H2,20,22,24,25). The van der Waals surface area contributed by atoms with Crippen molar-refractivity contribution >= 4 is 34.7 Å². The number of imidazole rings is 1. The molecule has 1 aliphatic carbocycles. The summed E-state index contributed by atoms with van der Waals surface area (Å²) in [6.07, 6.45) is 1.97. The summed E-state index contributed by atoms with van der Waals surface area (Å²) in [6, 6.07) is 17.5. The number of amides is 3. The lowest BCUT2D eigenvalue weighted by Crippen LogP contribution is -2.41. The smallest absolute Gasteiger partial charge is 0.321 e. The van der Waals surface area contributed by atoms with Gasteiger partial charge in [-0.05, 0) is 37.1 Å². The van der Waals surface area contributed by atoms with Gasteiger partial charge in [-0.25, -0.2) is 9.78 Å². The molecule has 1 aliphatic rings. The van der Waals surface area contributed by atoms with Gasteiger partial charge < -0.3 is 5.32 Å². The van der Waals surface area contributed by atoms with E-state index in [2.05, 4.69) is 15.6 Å². The summed E-state index contributed by atoms with van der Waals surface area (Å²) in [5, 5.41) is 5.83. The summed E-state index contributed by atoms with van der Waals surface area (Å²) in [6.45, 7) is 0. The number of thioether (sulfide) groups is 1. The first-order valence-electron chi connectivity index (χ1n) is 8.47. The fraction of sp³-hybridized carbons (Fsp3) is 0.211. The normalized spacial score (nSPS) is 13.5. The van der Waals surface area contributed by atoms with Crippen LogP contribution in [-0.4, -0.2) is 33.3 Å². The Bertz CT molecular complexity index is 951. The van der Waals surface area contributed by atoms with Crippen LogP contribution in [0.2, 0.25) is 0 Å². The topological polar surface area (TPSA) is 76.0 Å². The number of hydrogen-bond acceptors (Lipinski definition) is 4. The molecule has 1 heterocycles. The fourth-order valence-electron chi connectivity index (χ4n) is 2.67. The van der Waals surface area contributed by atoms with Crippen LogP contribution in [0.25, 0.3) is 16.7 Å². The number of nitrogens with one attached hydrogen (secondary N) is 2. The van der Waals surface area contributed by atoms with E-state index in [1.165, 1.54) is 11.8 Å². The van der Waals surface area contributed by atoms with Gasteiger partial charge >= 0.3 is 6.03 Å². The van der Waals surface area contributed by atoms with Crippen molar-refractivity contribution in [1.29, 1.82) is 0 Å². The highest BCUT2D eigenvalue weighted by molar-refractivity contribution is 7.99. The Hall–Kier alpha value is -2.80. The first kappa shape index (κ1) is 16.7. The highest BCUT2D eigenvalue weighted by Gasteiger charge is 2.24. The zero-order valence-corrected chi connectivity index (χ0v) is 14.8. The third-order valence-corrected chi connectivity index (χ3v) is 4.98. The Morgan fingerprint density at radius 2 is 1.81 bits per heavy atom. The molecule has 26 heavy (non-hydrogen) atoms. The van der Waals surface area contributed by atoms with Crippen molar-refractivity contribution in [3.63, 3.8) is 0 Å². The monoisotopic (exact) mass is 366 g/mol. The Labute approximate surface area is 155 Å². The van der Waals surface area contributed by atoms with E-state index >= 15 is 0 Å². The van der Waals surface area contributed by atoms with Crippen LogP contribution in [0.5, 0.6) is 0 Å². The van der Waals surface area contributed by atoms with E-state index in [9.17, 15) is 9.59 Å². The average Bonchev–Trinajstić information content (AvgIpc) is 3.37. The zero-order valence-electron chi connectivity index (χ0n) is 14.0. The van der Waals surface area contributed by atoms with Gasteiger partial charge in [0.05, 0.1) is 16.8 Å². The second kappa shape index (κ2) is 7.21. The van der Waals surface area contributed by atoms with Crippen molar-refractivity contribution in [2.45, 2.75) is 24.0 Å². The molecule has 0 unspecified atom stereocenters. The molecule has 132 valence electrons. The number of para-hydroxylation sites is 3. The predicted molar refractivity (Wildman–Crippen MR) is 101 cm³/mol. The predicted octanol–water partition coefficient (Wildman–Crippen LogP) is 3.11. The molecule has 2 aromatic carbocycles. The Balaban J connectivity index is 1.52. The molecule has 0 atom stereocenters. The number of aromatic nitrogens is 2. The van der Waals surface area contributed by atoms with E-state index < -0.39 is 6.03 Å². The van der Waals surface area contributed by atoms with Gasteiger partial charge in [-0.15, -0.1) is 0 Å². The van der Waals surface area contributed by atoms with E-state index in [-0.39, 0.29) is 17.7 Å². The molecular formula is C19H18N4O2S. The van der Waals surface area contributed by atoms with Gasteiger partial charge in [0, 0.05) is 11.7 Å². The molecule has 6 nitrogen and oxygen atoms in total. The summed E-state index contributed by atoms with van der Waals surface area (Å²) in [5.74, 6) is -0.214. The number of imide groups is 1. The molecule has 0 radical (unpaired) electrons. The highest BCUT2D eigenvalue weighted by atomic mass is 32.2. The van der Waals surface area contributed by atoms with Crippen LogP contribution < -0.4 is 10.6 Å². The number of fused-ring (bicyclic) bond motifs is 1. The Morgan fingerprint density at radius 1 is 1.08 bits per heavy atom. The second-order valence-corrected chi connectivity index (χ2v) is 7.08. The van der Waals surface area contributed by atoms with Gasteiger partial charge in [-0.2, -0.15) is 0 Å². The van der Waals surface area contributed by atoms with Crippen LogP contribution >= 0.6 is 11.8 Å². The van der Waals surface area contributed by atoms with Crippen LogP contribution in [0.4, 0.5) is 4.79 Å². The first-order chi connectivity index (χ1) is 12.7. The third kappa shape index (κ3) is 3.72. The van der Waals surface area contributed by atoms with Crippen molar-refractivity contribution in [2.24, 2.45) is 0 Å². The van der Waals surface area contributed by atoms with Crippen LogP contribution in [0.15, 0.2) is 59.8 Å². The quantitative estimate of drug-likeness (QED) is 0.681. The summed E-state index contributed by atoms with van der Waals surface area (Å²) in [5.41, 5.74) is 2.83. The number of hydrogen-bond donors (Lipinski definition) is 2. The van der Waals surface area contributed by atoms with Crippen molar-refractivity contribution in [3.05, 3.63) is 54.6 Å². The van der Waals surface area contributed by atoms with Crippen molar-refractivity contribution in [1.82, 2.24) is 20.2 Å². The Kier molecular flexibility index (Phi) is 4.62. The minimum atomic E-state index is -0.422. The number of nitrogens with zero attached hydrogens (tertiary/aromatic N) is 2. The maximum atomic E-state index is 12.1. The van der Waals surface area contributed by atoms with E-state index in [1.54, 1.807) is 0 Å². The van der Waals surface area contributed by atoms with Gasteiger partial charge in [0.1, 0.15) is 0 Å². The van der Waals surface area contributed by atoms with Gasteiger partial charge in [0.25, 0.3) is 0 Å². The zero-order chi connectivity index (χ0) is 17.9. The largest absolute Gasteiger partial charge is 0.335 e. The van der Waals surface area contributed by atoms with Gasteiger partial charge in [-0.1, -0.05) is 42.1 Å². The molecular weight excluding hydrogens is 348 g/mol. The Morgan fingerprint density at radius 3 is 2.58 bits per heavy atom. The molecule has 0 spiro atoms. The first-order valence-corrected chi connectivity index (χ1v) is 9.45. The average molecular weight is 366 g/mol. The van der Waals surface area contributed by atoms with Gasteiger partial charge in [0.15, 0.2) is 5.16 Å². The molecule has 1 fully saturated rings. The van der Waals surface area contributed by atoms with E-state index in [4.69, 9.17) is 0 Å².